The van der Waals surface area contributed by atoms with Gasteiger partial charge in [-0.25, -0.2) is 8.42 Å². The molecule has 6 heteroatoms. The Kier molecular flexibility index (Phi) is 6.29. The van der Waals surface area contributed by atoms with Gasteiger partial charge in [-0.1, -0.05) is 42.5 Å². The maximum atomic E-state index is 13.0. The molecule has 0 amide bonds. The lowest BCUT2D eigenvalue weighted by Gasteiger charge is -2.32. The van der Waals surface area contributed by atoms with Crippen LogP contribution in [-0.4, -0.2) is 39.5 Å². The summed E-state index contributed by atoms with van der Waals surface area (Å²) in [5, 5.41) is 0. The standard InChI is InChI=1S/C20H25NO4S/c1-24-19-11-5-6-12-20(19)26(22,23)21-13-7-10-18(14-21)16-25-15-17-8-3-2-4-9-17/h2-6,8-9,11-12,18H,7,10,13-16H2,1H3. The normalized spacial score (nSPS) is 18.6. The van der Waals surface area contributed by atoms with Crippen molar-refractivity contribution in [3.63, 3.8) is 0 Å². The molecule has 140 valence electrons. The molecule has 0 spiro atoms. The van der Waals surface area contributed by atoms with Gasteiger partial charge in [-0.15, -0.1) is 0 Å². The first-order valence-corrected chi connectivity index (χ1v) is 10.3. The molecule has 2 aromatic rings. The highest BCUT2D eigenvalue weighted by Crippen LogP contribution is 2.29. The van der Waals surface area contributed by atoms with Gasteiger partial charge < -0.3 is 9.47 Å². The summed E-state index contributed by atoms with van der Waals surface area (Å²) in [5.41, 5.74) is 1.13. The van der Waals surface area contributed by atoms with Crippen LogP contribution >= 0.6 is 0 Å². The summed E-state index contributed by atoms with van der Waals surface area (Å²) in [4.78, 5) is 0.230. The van der Waals surface area contributed by atoms with Crippen LogP contribution in [0.3, 0.4) is 0 Å². The molecule has 1 fully saturated rings. The molecule has 0 bridgehead atoms. The number of methoxy groups -OCH3 is 1. The van der Waals surface area contributed by atoms with Crippen LogP contribution in [0.2, 0.25) is 0 Å². The van der Waals surface area contributed by atoms with Gasteiger partial charge in [0.05, 0.1) is 20.3 Å². The van der Waals surface area contributed by atoms with Crippen molar-refractivity contribution < 1.29 is 17.9 Å². The van der Waals surface area contributed by atoms with Crippen molar-refractivity contribution >= 4 is 10.0 Å². The van der Waals surface area contributed by atoms with Crippen LogP contribution in [0.5, 0.6) is 5.75 Å². The zero-order valence-corrected chi connectivity index (χ0v) is 15.8. The smallest absolute Gasteiger partial charge is 0.246 e. The van der Waals surface area contributed by atoms with Gasteiger partial charge in [0.1, 0.15) is 10.6 Å². The van der Waals surface area contributed by atoms with Gasteiger partial charge in [-0.3, -0.25) is 0 Å². The van der Waals surface area contributed by atoms with Crippen molar-refractivity contribution in [3.05, 3.63) is 60.2 Å². The quantitative estimate of drug-likeness (QED) is 0.745. The minimum atomic E-state index is -3.56. The summed E-state index contributed by atoms with van der Waals surface area (Å²) < 4.78 is 38.6. The number of nitrogens with zero attached hydrogens (tertiary/aromatic N) is 1. The van der Waals surface area contributed by atoms with E-state index in [-0.39, 0.29) is 10.8 Å². The van der Waals surface area contributed by atoms with E-state index in [4.69, 9.17) is 9.47 Å². The molecule has 1 unspecified atom stereocenters. The first-order chi connectivity index (χ1) is 12.6. The van der Waals surface area contributed by atoms with Gasteiger partial charge in [0.25, 0.3) is 0 Å². The maximum Gasteiger partial charge on any atom is 0.246 e. The number of hydrogen-bond donors (Lipinski definition) is 0. The molecule has 1 atom stereocenters. The Bertz CT molecular complexity index is 808. The lowest BCUT2D eigenvalue weighted by atomic mass is 10.0. The molecule has 3 rings (SSSR count). The molecule has 0 radical (unpaired) electrons. The largest absolute Gasteiger partial charge is 0.495 e. The highest BCUT2D eigenvalue weighted by Gasteiger charge is 2.32. The Morgan fingerprint density at radius 3 is 2.58 bits per heavy atom. The minimum Gasteiger partial charge on any atom is -0.495 e. The van der Waals surface area contributed by atoms with Crippen LogP contribution < -0.4 is 4.74 Å². The van der Waals surface area contributed by atoms with E-state index in [0.717, 1.165) is 18.4 Å². The van der Waals surface area contributed by atoms with Gasteiger partial charge in [0.2, 0.25) is 10.0 Å². The van der Waals surface area contributed by atoms with Crippen molar-refractivity contribution in [3.8, 4) is 5.75 Å². The summed E-state index contributed by atoms with van der Waals surface area (Å²) in [6.45, 7) is 2.13. The molecule has 5 nitrogen and oxygen atoms in total. The Morgan fingerprint density at radius 2 is 1.81 bits per heavy atom. The Morgan fingerprint density at radius 1 is 1.08 bits per heavy atom. The second kappa shape index (κ2) is 8.66. The fourth-order valence-electron chi connectivity index (χ4n) is 3.27. The molecule has 0 N–H and O–H groups in total. The molecule has 0 aliphatic carbocycles. The van der Waals surface area contributed by atoms with Crippen LogP contribution in [-0.2, 0) is 21.4 Å². The van der Waals surface area contributed by atoms with E-state index >= 15 is 0 Å². The molecular weight excluding hydrogens is 350 g/mol. The third-order valence-corrected chi connectivity index (χ3v) is 6.54. The average molecular weight is 375 g/mol. The second-order valence-corrected chi connectivity index (χ2v) is 8.43. The molecule has 1 aliphatic heterocycles. The first kappa shape index (κ1) is 18.9. The number of hydrogen-bond acceptors (Lipinski definition) is 4. The third-order valence-electron chi connectivity index (χ3n) is 4.63. The van der Waals surface area contributed by atoms with Crippen molar-refractivity contribution in [2.24, 2.45) is 5.92 Å². The van der Waals surface area contributed by atoms with E-state index in [2.05, 4.69) is 0 Å². The summed E-state index contributed by atoms with van der Waals surface area (Å²) in [6, 6.07) is 16.8. The lowest BCUT2D eigenvalue weighted by molar-refractivity contribution is 0.0672. The molecule has 1 aliphatic rings. The molecular formula is C20H25NO4S. The number of ether oxygens (including phenoxy) is 2. The van der Waals surface area contributed by atoms with Crippen LogP contribution in [0.4, 0.5) is 0 Å². The highest BCUT2D eigenvalue weighted by atomic mass is 32.2. The fourth-order valence-corrected chi connectivity index (χ4v) is 4.98. The Labute approximate surface area is 155 Å². The predicted octanol–water partition coefficient (Wildman–Crippen LogP) is 3.31. The van der Waals surface area contributed by atoms with E-state index < -0.39 is 10.0 Å². The van der Waals surface area contributed by atoms with Crippen molar-refractivity contribution in [1.82, 2.24) is 4.31 Å². The fraction of sp³-hybridized carbons (Fsp3) is 0.400. The number of piperidine rings is 1. The maximum absolute atomic E-state index is 13.0. The zero-order valence-electron chi connectivity index (χ0n) is 15.0. The van der Waals surface area contributed by atoms with E-state index in [0.29, 0.717) is 32.1 Å². The molecule has 0 aromatic heterocycles. The topological polar surface area (TPSA) is 55.8 Å². The van der Waals surface area contributed by atoms with Gasteiger partial charge in [0, 0.05) is 13.1 Å². The lowest BCUT2D eigenvalue weighted by Crippen LogP contribution is -2.41. The zero-order chi connectivity index (χ0) is 18.4. The van der Waals surface area contributed by atoms with Gasteiger partial charge in [-0.2, -0.15) is 4.31 Å². The SMILES string of the molecule is COc1ccccc1S(=O)(=O)N1CCCC(COCc2ccccc2)C1. The summed E-state index contributed by atoms with van der Waals surface area (Å²) in [7, 11) is -2.07. The van der Waals surface area contributed by atoms with Crippen molar-refractivity contribution in [1.29, 1.82) is 0 Å². The highest BCUT2D eigenvalue weighted by molar-refractivity contribution is 7.89. The van der Waals surface area contributed by atoms with Gasteiger partial charge in [-0.05, 0) is 36.5 Å². The van der Waals surface area contributed by atoms with Crippen LogP contribution in [0.15, 0.2) is 59.5 Å². The minimum absolute atomic E-state index is 0.206. The Hall–Kier alpha value is -1.89. The molecule has 1 saturated heterocycles. The van der Waals surface area contributed by atoms with E-state index in [1.807, 2.05) is 30.3 Å². The predicted molar refractivity (Wildman–Crippen MR) is 101 cm³/mol. The van der Waals surface area contributed by atoms with Crippen LogP contribution in [0.1, 0.15) is 18.4 Å². The second-order valence-electron chi connectivity index (χ2n) is 6.52. The van der Waals surface area contributed by atoms with E-state index in [1.165, 1.54) is 7.11 Å². The Balaban J connectivity index is 1.62. The van der Waals surface area contributed by atoms with E-state index in [9.17, 15) is 8.42 Å². The van der Waals surface area contributed by atoms with Crippen molar-refractivity contribution in [2.45, 2.75) is 24.3 Å². The van der Waals surface area contributed by atoms with Gasteiger partial charge >= 0.3 is 0 Å². The number of sulfonamides is 1. The summed E-state index contributed by atoms with van der Waals surface area (Å²) in [6.07, 6.45) is 1.82. The molecule has 1 heterocycles. The van der Waals surface area contributed by atoms with E-state index in [1.54, 1.807) is 28.6 Å². The molecule has 0 saturated carbocycles. The third kappa shape index (κ3) is 4.44. The van der Waals surface area contributed by atoms with Gasteiger partial charge in [0.15, 0.2) is 0 Å². The average Bonchev–Trinajstić information content (AvgIpc) is 2.69. The monoisotopic (exact) mass is 375 g/mol. The molecule has 26 heavy (non-hydrogen) atoms. The molecule has 2 aromatic carbocycles. The number of rotatable bonds is 7. The number of benzene rings is 2. The van der Waals surface area contributed by atoms with Crippen LogP contribution in [0, 0.1) is 5.92 Å². The summed E-state index contributed by atoms with van der Waals surface area (Å²) in [5.74, 6) is 0.590. The van der Waals surface area contributed by atoms with Crippen LogP contribution in [0.25, 0.3) is 0 Å². The summed E-state index contributed by atoms with van der Waals surface area (Å²) >= 11 is 0. The number of para-hydroxylation sites is 1. The van der Waals surface area contributed by atoms with Crippen molar-refractivity contribution in [2.75, 3.05) is 26.8 Å². The first-order valence-electron chi connectivity index (χ1n) is 8.86.